The van der Waals surface area contributed by atoms with Gasteiger partial charge in [0.15, 0.2) is 0 Å². The smallest absolute Gasteiger partial charge is 0.0263 e. The second kappa shape index (κ2) is 3.57. The third-order valence-corrected chi connectivity index (χ3v) is 4.09. The molecule has 2 nitrogen and oxygen atoms in total. The van der Waals surface area contributed by atoms with E-state index >= 15 is 0 Å². The maximum Gasteiger partial charge on any atom is 0.0263 e. The topological polar surface area (TPSA) is 24.1 Å². The highest BCUT2D eigenvalue weighted by Gasteiger charge is 2.31. The zero-order chi connectivity index (χ0) is 9.38. The minimum absolute atomic E-state index is 0.716. The maximum absolute atomic E-state index is 3.48. The van der Waals surface area contributed by atoms with Crippen LogP contribution in [0.3, 0.4) is 0 Å². The van der Waals surface area contributed by atoms with E-state index in [1.165, 1.54) is 10.5 Å². The molecular weight excluding hydrogens is 192 g/mol. The third-order valence-electron chi connectivity index (χ3n) is 3.19. The van der Waals surface area contributed by atoms with E-state index in [9.17, 15) is 0 Å². The Labute approximate surface area is 88.6 Å². The molecular formula is C11H14N2S. The number of fused-ring (bicyclic) bond motifs is 3. The van der Waals surface area contributed by atoms with Gasteiger partial charge in [0.05, 0.1) is 0 Å². The molecule has 1 aromatic rings. The summed E-state index contributed by atoms with van der Waals surface area (Å²) >= 11 is 1.79. The quantitative estimate of drug-likeness (QED) is 0.631. The summed E-state index contributed by atoms with van der Waals surface area (Å²) in [6.07, 6.45) is 0. The van der Waals surface area contributed by atoms with Crippen LogP contribution in [0.4, 0.5) is 0 Å². The second-order valence-corrected chi connectivity index (χ2v) is 4.95. The molecule has 0 aliphatic carbocycles. The minimum atomic E-state index is 0.716. The molecule has 3 rings (SSSR count). The summed E-state index contributed by atoms with van der Waals surface area (Å²) in [5, 5.41) is 3.48. The van der Waals surface area contributed by atoms with E-state index in [0.29, 0.717) is 5.92 Å². The summed E-state index contributed by atoms with van der Waals surface area (Å²) in [5.41, 5.74) is 1.53. The molecule has 14 heavy (non-hydrogen) atoms. The lowest BCUT2D eigenvalue weighted by Gasteiger charge is -2.15. The van der Waals surface area contributed by atoms with Crippen LogP contribution in [0, 0.1) is 5.92 Å². The van der Waals surface area contributed by atoms with Gasteiger partial charge in [0.2, 0.25) is 0 Å². The molecule has 0 amide bonds. The van der Waals surface area contributed by atoms with Gasteiger partial charge in [-0.15, -0.1) is 0 Å². The van der Waals surface area contributed by atoms with Crippen molar-refractivity contribution in [3.8, 4) is 0 Å². The number of benzene rings is 1. The first-order chi connectivity index (χ1) is 6.95. The van der Waals surface area contributed by atoms with Crippen LogP contribution in [0.2, 0.25) is 0 Å². The van der Waals surface area contributed by atoms with Crippen molar-refractivity contribution in [2.45, 2.75) is 10.8 Å². The molecule has 1 fully saturated rings. The first-order valence-electron chi connectivity index (χ1n) is 5.14. The van der Waals surface area contributed by atoms with Gasteiger partial charge in [0.25, 0.3) is 0 Å². The summed E-state index contributed by atoms with van der Waals surface area (Å²) in [5.74, 6) is 1.49. The van der Waals surface area contributed by atoms with Crippen molar-refractivity contribution in [3.05, 3.63) is 29.8 Å². The molecule has 2 N–H and O–H groups in total. The summed E-state index contributed by atoms with van der Waals surface area (Å²) < 4.78 is 3.45. The number of hydrogen-bond acceptors (Lipinski definition) is 3. The fourth-order valence-corrected chi connectivity index (χ4v) is 3.35. The lowest BCUT2D eigenvalue weighted by molar-refractivity contribution is 0.519. The molecule has 0 spiro atoms. The summed E-state index contributed by atoms with van der Waals surface area (Å²) in [7, 11) is 0. The summed E-state index contributed by atoms with van der Waals surface area (Å²) in [6, 6.07) is 8.77. The Morgan fingerprint density at radius 3 is 3.07 bits per heavy atom. The fourth-order valence-electron chi connectivity index (χ4n) is 2.42. The zero-order valence-electron chi connectivity index (χ0n) is 7.99. The van der Waals surface area contributed by atoms with Crippen molar-refractivity contribution >= 4 is 11.9 Å². The highest BCUT2D eigenvalue weighted by molar-refractivity contribution is 7.97. The molecule has 0 saturated carbocycles. The van der Waals surface area contributed by atoms with Crippen LogP contribution >= 0.6 is 11.9 Å². The van der Waals surface area contributed by atoms with E-state index < -0.39 is 0 Å². The van der Waals surface area contributed by atoms with Crippen molar-refractivity contribution in [3.63, 3.8) is 0 Å². The molecule has 0 bridgehead atoms. The number of nitrogens with one attached hydrogen (secondary N) is 2. The van der Waals surface area contributed by atoms with Crippen molar-refractivity contribution in [2.24, 2.45) is 5.92 Å². The van der Waals surface area contributed by atoms with Gasteiger partial charge in [0, 0.05) is 23.9 Å². The van der Waals surface area contributed by atoms with Crippen molar-refractivity contribution < 1.29 is 0 Å². The van der Waals surface area contributed by atoms with Crippen LogP contribution in [0.15, 0.2) is 29.2 Å². The van der Waals surface area contributed by atoms with E-state index in [1.54, 1.807) is 11.9 Å². The average molecular weight is 206 g/mol. The van der Waals surface area contributed by atoms with Gasteiger partial charge in [0.1, 0.15) is 0 Å². The molecule has 3 heteroatoms. The lowest BCUT2D eigenvalue weighted by atomic mass is 9.89. The first kappa shape index (κ1) is 8.77. The number of rotatable bonds is 0. The van der Waals surface area contributed by atoms with Crippen LogP contribution < -0.4 is 10.0 Å². The molecule has 74 valence electrons. The van der Waals surface area contributed by atoms with Crippen LogP contribution in [0.1, 0.15) is 11.5 Å². The monoisotopic (exact) mass is 206 g/mol. The summed E-state index contributed by atoms with van der Waals surface area (Å²) in [4.78, 5) is 1.41. The molecule has 0 aromatic heterocycles. The van der Waals surface area contributed by atoms with E-state index in [2.05, 4.69) is 34.3 Å². The Kier molecular flexibility index (Phi) is 2.24. The SMILES string of the molecule is c1ccc2c(c1)SNCC1CNCC21. The molecule has 0 radical (unpaired) electrons. The second-order valence-electron chi connectivity index (χ2n) is 4.01. The van der Waals surface area contributed by atoms with Crippen LogP contribution in [-0.4, -0.2) is 19.6 Å². The van der Waals surface area contributed by atoms with E-state index in [1.807, 2.05) is 0 Å². The molecule has 1 saturated heterocycles. The third kappa shape index (κ3) is 1.36. The molecule has 2 atom stereocenters. The molecule has 2 heterocycles. The normalized spacial score (nSPS) is 30.6. The molecule has 2 unspecified atom stereocenters. The Hall–Kier alpha value is -0.510. The average Bonchev–Trinajstić information content (AvgIpc) is 2.61. The van der Waals surface area contributed by atoms with Crippen molar-refractivity contribution in [1.82, 2.24) is 10.0 Å². The van der Waals surface area contributed by atoms with E-state index in [0.717, 1.165) is 25.6 Å². The fraction of sp³-hybridized carbons (Fsp3) is 0.455. The largest absolute Gasteiger partial charge is 0.316 e. The van der Waals surface area contributed by atoms with Gasteiger partial charge in [-0.2, -0.15) is 0 Å². The predicted octanol–water partition coefficient (Wildman–Crippen LogP) is 1.60. The highest BCUT2D eigenvalue weighted by atomic mass is 32.2. The van der Waals surface area contributed by atoms with E-state index in [4.69, 9.17) is 0 Å². The van der Waals surface area contributed by atoms with Gasteiger partial charge in [-0.1, -0.05) is 18.2 Å². The van der Waals surface area contributed by atoms with Crippen molar-refractivity contribution in [1.29, 1.82) is 0 Å². The zero-order valence-corrected chi connectivity index (χ0v) is 8.81. The highest BCUT2D eigenvalue weighted by Crippen LogP contribution is 2.36. The van der Waals surface area contributed by atoms with Crippen molar-refractivity contribution in [2.75, 3.05) is 19.6 Å². The van der Waals surface area contributed by atoms with Gasteiger partial charge in [-0.25, -0.2) is 0 Å². The van der Waals surface area contributed by atoms with Gasteiger partial charge in [-0.3, -0.25) is 4.72 Å². The van der Waals surface area contributed by atoms with E-state index in [-0.39, 0.29) is 0 Å². The van der Waals surface area contributed by atoms with Gasteiger partial charge >= 0.3 is 0 Å². The van der Waals surface area contributed by atoms with Gasteiger partial charge < -0.3 is 5.32 Å². The molecule has 1 aromatic carbocycles. The lowest BCUT2D eigenvalue weighted by Crippen LogP contribution is -2.20. The Morgan fingerprint density at radius 1 is 1.14 bits per heavy atom. The van der Waals surface area contributed by atoms with Crippen LogP contribution in [0.5, 0.6) is 0 Å². The summed E-state index contributed by atoms with van der Waals surface area (Å²) in [6.45, 7) is 3.42. The standard InChI is InChI=1S/C11H14N2S/c1-2-4-11-9(3-1)10-7-12-5-8(10)6-13-14-11/h1-4,8,10,12-13H,5-7H2. The Bertz CT molecular complexity index is 340. The van der Waals surface area contributed by atoms with Gasteiger partial charge in [-0.05, 0) is 36.0 Å². The molecule has 2 aliphatic heterocycles. The minimum Gasteiger partial charge on any atom is -0.316 e. The Morgan fingerprint density at radius 2 is 2.07 bits per heavy atom. The Balaban J connectivity index is 2.04. The molecule has 2 aliphatic rings. The first-order valence-corrected chi connectivity index (χ1v) is 5.96. The predicted molar refractivity (Wildman–Crippen MR) is 59.4 cm³/mol. The van der Waals surface area contributed by atoms with Crippen LogP contribution in [0.25, 0.3) is 0 Å². The number of hydrogen-bond donors (Lipinski definition) is 2. The van der Waals surface area contributed by atoms with Crippen LogP contribution in [-0.2, 0) is 0 Å². The maximum atomic E-state index is 3.48.